The topological polar surface area (TPSA) is 41.1 Å². The Bertz CT molecular complexity index is 146. The maximum atomic E-state index is 11.6. The van der Waals surface area contributed by atoms with Gasteiger partial charge in [-0.25, -0.2) is 0 Å². The average molecular weight is 164 g/mol. The van der Waals surface area contributed by atoms with Crippen LogP contribution in [0.25, 0.3) is 0 Å². The molecule has 0 aromatic carbocycles. The van der Waals surface area contributed by atoms with E-state index in [-0.39, 0.29) is 6.04 Å². The third-order valence-electron chi connectivity index (χ3n) is 1.60. The van der Waals surface area contributed by atoms with Gasteiger partial charge in [0.25, 0.3) is 5.91 Å². The molecule has 64 valence electrons. The third-order valence-corrected chi connectivity index (χ3v) is 1.60. The summed E-state index contributed by atoms with van der Waals surface area (Å²) >= 11 is 0. The van der Waals surface area contributed by atoms with Gasteiger partial charge in [0.15, 0.2) is 0 Å². The van der Waals surface area contributed by atoms with Gasteiger partial charge in [0.1, 0.15) is 0 Å². The van der Waals surface area contributed by atoms with E-state index in [1.807, 2.05) is 0 Å². The van der Waals surface area contributed by atoms with Crippen LogP contribution >= 0.6 is 0 Å². The number of carbonyl (C=O) groups excluding carboxylic acids is 1. The van der Waals surface area contributed by atoms with E-state index in [4.69, 9.17) is 0 Å². The molecule has 0 saturated carbocycles. The summed E-state index contributed by atoms with van der Waals surface area (Å²) in [6, 6.07) is -0.114. The first-order valence-electron chi connectivity index (χ1n) is 3.49. The molecule has 0 aromatic heterocycles. The number of carbonyl (C=O) groups is 1. The Labute approximate surface area is 63.2 Å². The quantitative estimate of drug-likeness (QED) is 0.590. The van der Waals surface area contributed by atoms with E-state index in [1.165, 1.54) is 0 Å². The lowest BCUT2D eigenvalue weighted by molar-refractivity contribution is -0.132. The molecule has 0 bridgehead atoms. The third kappa shape index (κ3) is 2.42. The number of nitrogens with one attached hydrogen (secondary N) is 2. The van der Waals surface area contributed by atoms with Crippen molar-refractivity contribution in [1.82, 2.24) is 10.6 Å². The molecular formula is C6H10F2N2O. The Balaban J connectivity index is 2.24. The highest BCUT2D eigenvalue weighted by atomic mass is 19.3. The van der Waals surface area contributed by atoms with Crippen molar-refractivity contribution < 1.29 is 13.6 Å². The van der Waals surface area contributed by atoms with Crippen LogP contribution in [-0.2, 0) is 4.79 Å². The summed E-state index contributed by atoms with van der Waals surface area (Å²) in [6.07, 6.45) is -2.16. The first-order chi connectivity index (χ1) is 5.20. The van der Waals surface area contributed by atoms with Crippen molar-refractivity contribution in [2.24, 2.45) is 0 Å². The first-order valence-corrected chi connectivity index (χ1v) is 3.49. The van der Waals surface area contributed by atoms with Crippen LogP contribution in [0.2, 0.25) is 0 Å². The van der Waals surface area contributed by atoms with Crippen LogP contribution in [0.4, 0.5) is 8.78 Å². The Kier molecular flexibility index (Phi) is 2.76. The van der Waals surface area contributed by atoms with Gasteiger partial charge >= 0.3 is 6.43 Å². The fourth-order valence-corrected chi connectivity index (χ4v) is 1.04. The highest BCUT2D eigenvalue weighted by Gasteiger charge is 2.21. The molecule has 3 nitrogen and oxygen atoms in total. The summed E-state index contributed by atoms with van der Waals surface area (Å²) in [6.45, 7) is 1.38. The van der Waals surface area contributed by atoms with Gasteiger partial charge in [-0.1, -0.05) is 0 Å². The van der Waals surface area contributed by atoms with Crippen molar-refractivity contribution in [2.45, 2.75) is 18.9 Å². The van der Waals surface area contributed by atoms with Gasteiger partial charge in [0.05, 0.1) is 0 Å². The van der Waals surface area contributed by atoms with Crippen LogP contribution in [0.1, 0.15) is 6.42 Å². The molecule has 1 unspecified atom stereocenters. The number of amides is 1. The van der Waals surface area contributed by atoms with Gasteiger partial charge in [-0.05, 0) is 13.0 Å². The normalized spacial score (nSPS) is 24.1. The fourth-order valence-electron chi connectivity index (χ4n) is 1.04. The van der Waals surface area contributed by atoms with Gasteiger partial charge in [-0.2, -0.15) is 8.78 Å². The van der Waals surface area contributed by atoms with Gasteiger partial charge in [-0.15, -0.1) is 0 Å². The molecule has 1 rings (SSSR count). The lowest BCUT2D eigenvalue weighted by Crippen LogP contribution is -2.39. The lowest BCUT2D eigenvalue weighted by Gasteiger charge is -2.09. The van der Waals surface area contributed by atoms with Crippen LogP contribution in [0.15, 0.2) is 0 Å². The van der Waals surface area contributed by atoms with Crippen LogP contribution in [-0.4, -0.2) is 31.5 Å². The Morgan fingerprint density at radius 2 is 2.36 bits per heavy atom. The number of hydrogen-bond donors (Lipinski definition) is 2. The Morgan fingerprint density at radius 1 is 1.64 bits per heavy atom. The van der Waals surface area contributed by atoms with E-state index < -0.39 is 12.3 Å². The molecule has 0 aromatic rings. The zero-order valence-electron chi connectivity index (χ0n) is 5.94. The van der Waals surface area contributed by atoms with Crippen molar-refractivity contribution >= 4 is 5.91 Å². The molecular weight excluding hydrogens is 154 g/mol. The largest absolute Gasteiger partial charge is 0.347 e. The summed E-state index contributed by atoms with van der Waals surface area (Å²) in [4.78, 5) is 10.4. The standard InChI is InChI=1S/C6H10F2N2O/c7-5(8)6(11)10-4-1-2-9-3-4/h4-5,9H,1-3H2,(H,10,11). The van der Waals surface area contributed by atoms with Gasteiger partial charge in [0.2, 0.25) is 0 Å². The first kappa shape index (κ1) is 8.39. The highest BCUT2D eigenvalue weighted by Crippen LogP contribution is 1.99. The molecule has 0 spiro atoms. The number of alkyl halides is 2. The smallest absolute Gasteiger partial charge is 0.315 e. The minimum absolute atomic E-state index is 0.114. The highest BCUT2D eigenvalue weighted by molar-refractivity contribution is 5.79. The fraction of sp³-hybridized carbons (Fsp3) is 0.833. The molecule has 1 saturated heterocycles. The Morgan fingerprint density at radius 3 is 2.82 bits per heavy atom. The number of halogens is 2. The van der Waals surface area contributed by atoms with Crippen LogP contribution in [0.5, 0.6) is 0 Å². The zero-order chi connectivity index (χ0) is 8.27. The van der Waals surface area contributed by atoms with Gasteiger partial charge < -0.3 is 10.6 Å². The summed E-state index contributed by atoms with van der Waals surface area (Å²) in [5, 5.41) is 5.18. The van der Waals surface area contributed by atoms with Crippen molar-refractivity contribution in [3.8, 4) is 0 Å². The van der Waals surface area contributed by atoms with Crippen molar-refractivity contribution in [1.29, 1.82) is 0 Å². The second kappa shape index (κ2) is 3.61. The van der Waals surface area contributed by atoms with E-state index >= 15 is 0 Å². The van der Waals surface area contributed by atoms with Crippen molar-refractivity contribution in [3.05, 3.63) is 0 Å². The maximum Gasteiger partial charge on any atom is 0.315 e. The molecule has 11 heavy (non-hydrogen) atoms. The van der Waals surface area contributed by atoms with E-state index in [2.05, 4.69) is 10.6 Å². The minimum atomic E-state index is -2.89. The van der Waals surface area contributed by atoms with Crippen LogP contribution < -0.4 is 10.6 Å². The van der Waals surface area contributed by atoms with Gasteiger partial charge in [0, 0.05) is 12.6 Å². The maximum absolute atomic E-state index is 11.6. The predicted octanol–water partition coefficient (Wildman–Crippen LogP) is -0.270. The summed E-state index contributed by atoms with van der Waals surface area (Å²) in [5.74, 6) is -1.17. The molecule has 2 N–H and O–H groups in total. The van der Waals surface area contributed by atoms with Crippen molar-refractivity contribution in [2.75, 3.05) is 13.1 Å². The lowest BCUT2D eigenvalue weighted by atomic mass is 10.2. The molecule has 5 heteroatoms. The monoisotopic (exact) mass is 164 g/mol. The van der Waals surface area contributed by atoms with E-state index in [9.17, 15) is 13.6 Å². The average Bonchev–Trinajstić information content (AvgIpc) is 2.39. The number of rotatable bonds is 2. The van der Waals surface area contributed by atoms with E-state index in [1.54, 1.807) is 0 Å². The molecule has 1 fully saturated rings. The SMILES string of the molecule is O=C(NC1CCNC1)C(F)F. The van der Waals surface area contributed by atoms with Crippen LogP contribution in [0, 0.1) is 0 Å². The summed E-state index contributed by atoms with van der Waals surface area (Å²) < 4.78 is 23.3. The van der Waals surface area contributed by atoms with E-state index in [0.29, 0.717) is 6.54 Å². The molecule has 1 aliphatic rings. The Hall–Kier alpha value is -0.710. The molecule has 0 aliphatic carbocycles. The minimum Gasteiger partial charge on any atom is -0.347 e. The van der Waals surface area contributed by atoms with Crippen LogP contribution in [0.3, 0.4) is 0 Å². The van der Waals surface area contributed by atoms with Gasteiger partial charge in [-0.3, -0.25) is 4.79 Å². The molecule has 1 amide bonds. The van der Waals surface area contributed by atoms with Crippen molar-refractivity contribution in [3.63, 3.8) is 0 Å². The molecule has 1 atom stereocenters. The predicted molar refractivity (Wildman–Crippen MR) is 35.4 cm³/mol. The van der Waals surface area contributed by atoms with E-state index in [0.717, 1.165) is 13.0 Å². The summed E-state index contributed by atoms with van der Waals surface area (Å²) in [7, 11) is 0. The second-order valence-electron chi connectivity index (χ2n) is 2.50. The molecule has 0 radical (unpaired) electrons. The second-order valence-corrected chi connectivity index (χ2v) is 2.50. The summed E-state index contributed by atoms with van der Waals surface area (Å²) in [5.41, 5.74) is 0. The molecule has 1 heterocycles. The molecule has 1 aliphatic heterocycles. The zero-order valence-corrected chi connectivity index (χ0v) is 5.94. The number of hydrogen-bond acceptors (Lipinski definition) is 2.